The number of fused-ring (bicyclic) bond motifs is 2. The minimum absolute atomic E-state index is 0. The van der Waals surface area contributed by atoms with Gasteiger partial charge in [-0.15, -0.1) is 0 Å². The Bertz CT molecular complexity index is 1670. The van der Waals surface area contributed by atoms with Gasteiger partial charge in [-0.25, -0.2) is 4.79 Å². The molecule has 3 aromatic carbocycles. The molecule has 0 fully saturated rings. The van der Waals surface area contributed by atoms with Gasteiger partial charge in [-0.2, -0.15) is 0 Å². The first-order chi connectivity index (χ1) is 16.8. The number of para-hydroxylation sites is 1. The third kappa shape index (κ3) is 5.09. The van der Waals surface area contributed by atoms with Crippen molar-refractivity contribution in [3.8, 4) is 33.9 Å². The fraction of sp³-hybridized carbons (Fsp3) is 0. The van der Waals surface area contributed by atoms with Crippen molar-refractivity contribution in [1.82, 2.24) is 0 Å². The van der Waals surface area contributed by atoms with Crippen LogP contribution in [0, 0.1) is 0 Å². The maximum absolute atomic E-state index is 13.3. The van der Waals surface area contributed by atoms with Gasteiger partial charge in [0.1, 0.15) is 15.8 Å². The number of rotatable bonds is 3. The van der Waals surface area contributed by atoms with Crippen LogP contribution in [0.5, 0.6) is 11.5 Å². The Morgan fingerprint density at radius 2 is 1.50 bits per heavy atom. The van der Waals surface area contributed by atoms with Crippen LogP contribution in [0.25, 0.3) is 33.4 Å². The van der Waals surface area contributed by atoms with E-state index in [4.69, 9.17) is 9.15 Å². The van der Waals surface area contributed by atoms with Crippen molar-refractivity contribution in [3.05, 3.63) is 100 Å². The zero-order valence-electron chi connectivity index (χ0n) is 18.4. The number of carbonyl (C=O) groups is 1. The number of esters is 1. The molecule has 0 spiro atoms. The number of halogens is 4. The molecule has 36 heavy (non-hydrogen) atoms. The molecule has 5 rings (SSSR count). The second-order valence-electron chi connectivity index (χ2n) is 7.48. The molecule has 3 aromatic rings. The van der Waals surface area contributed by atoms with Crippen LogP contribution < -0.4 is 66.7 Å². The van der Waals surface area contributed by atoms with Crippen LogP contribution in [-0.4, -0.2) is 5.97 Å². The fourth-order valence-electron chi connectivity index (χ4n) is 3.81. The van der Waals surface area contributed by atoms with Gasteiger partial charge in [0.2, 0.25) is 5.43 Å². The summed E-state index contributed by atoms with van der Waals surface area (Å²) in [7, 11) is 0. The summed E-state index contributed by atoms with van der Waals surface area (Å²) in [6, 6.07) is 19.1. The van der Waals surface area contributed by atoms with Gasteiger partial charge in [-0.1, -0.05) is 58.1 Å². The SMILES string of the molecule is O=C(Oc1ccccc1)c1ccccc1-c1c2cc(Br)c(=O)c(Br)c-2oc2c(Br)c([O-])c(Br)cc12.[K+]. The predicted molar refractivity (Wildman–Crippen MR) is 146 cm³/mol. The molecule has 0 bridgehead atoms. The first-order valence-corrected chi connectivity index (χ1v) is 13.2. The monoisotopic (exact) mass is 758 g/mol. The summed E-state index contributed by atoms with van der Waals surface area (Å²) in [5, 5.41) is 13.2. The molecule has 0 atom stereocenters. The zero-order valence-corrected chi connectivity index (χ0v) is 27.9. The maximum atomic E-state index is 13.3. The molecule has 0 N–H and O–H groups in total. The van der Waals surface area contributed by atoms with Crippen molar-refractivity contribution in [3.63, 3.8) is 0 Å². The van der Waals surface area contributed by atoms with Gasteiger partial charge >= 0.3 is 57.4 Å². The summed E-state index contributed by atoms with van der Waals surface area (Å²) in [6.07, 6.45) is 0. The Morgan fingerprint density at radius 3 is 2.22 bits per heavy atom. The van der Waals surface area contributed by atoms with E-state index in [-0.39, 0.29) is 82.9 Å². The van der Waals surface area contributed by atoms with E-state index in [1.54, 1.807) is 60.7 Å². The minimum atomic E-state index is -0.550. The van der Waals surface area contributed by atoms with Crippen molar-refractivity contribution in [1.29, 1.82) is 0 Å². The maximum Gasteiger partial charge on any atom is 1.00 e. The molecule has 0 saturated carbocycles. The van der Waals surface area contributed by atoms with E-state index in [1.165, 1.54) is 0 Å². The largest absolute Gasteiger partial charge is 1.00 e. The van der Waals surface area contributed by atoms with Gasteiger partial charge in [-0.3, -0.25) is 4.79 Å². The number of benzene rings is 4. The first kappa shape index (κ1) is 28.2. The van der Waals surface area contributed by atoms with E-state index in [2.05, 4.69) is 63.7 Å². The number of ether oxygens (including phenoxy) is 1. The summed E-state index contributed by atoms with van der Waals surface area (Å²) in [6.45, 7) is 0. The number of hydrogen-bond donors (Lipinski definition) is 0. The van der Waals surface area contributed by atoms with Crippen LogP contribution in [0.2, 0.25) is 0 Å². The first-order valence-electron chi connectivity index (χ1n) is 10.1. The van der Waals surface area contributed by atoms with Crippen molar-refractivity contribution >= 4 is 80.7 Å². The van der Waals surface area contributed by atoms with Gasteiger partial charge in [0.25, 0.3) is 0 Å². The van der Waals surface area contributed by atoms with E-state index in [0.29, 0.717) is 42.3 Å². The summed E-state index contributed by atoms with van der Waals surface area (Å²) < 4.78 is 12.7. The van der Waals surface area contributed by atoms with Crippen LogP contribution >= 0.6 is 63.7 Å². The van der Waals surface area contributed by atoms with E-state index in [9.17, 15) is 14.7 Å². The average Bonchev–Trinajstić information content (AvgIpc) is 2.86. The third-order valence-electron chi connectivity index (χ3n) is 5.38. The Balaban J connectivity index is 0.00000304. The van der Waals surface area contributed by atoms with Gasteiger partial charge in [0.05, 0.1) is 14.5 Å². The topological polar surface area (TPSA) is 79.6 Å². The molecule has 2 aliphatic rings. The Kier molecular flexibility index (Phi) is 9.01. The average molecular weight is 762 g/mol. The standard InChI is InChI=1S/C26H12Br4O5.K/c27-17-10-15-19(13-8-4-5-9-14(13)26(33)34-12-6-2-1-3-7-12)16-11-18(28)23(32)21(30)25(16)35-24(15)20(29)22(17)31;/h1-11,31H;/q;+1/p-1. The summed E-state index contributed by atoms with van der Waals surface area (Å²) in [5.74, 6) is -0.202. The van der Waals surface area contributed by atoms with Gasteiger partial charge in [-0.05, 0) is 83.7 Å². The quantitative estimate of drug-likeness (QED) is 0.113. The fourth-order valence-corrected chi connectivity index (χ4v) is 6.21. The van der Waals surface area contributed by atoms with E-state index in [0.717, 1.165) is 0 Å². The molecule has 0 unspecified atom stereocenters. The van der Waals surface area contributed by atoms with Crippen LogP contribution in [-0.2, 0) is 0 Å². The summed E-state index contributed by atoms with van der Waals surface area (Å²) in [5.41, 5.74) is 1.96. The molecular formula is C26H11Br4KO5. The predicted octanol–water partition coefficient (Wildman–Crippen LogP) is 4.91. The minimum Gasteiger partial charge on any atom is -0.871 e. The molecule has 0 aromatic heterocycles. The Hall–Kier alpha value is -0.824. The van der Waals surface area contributed by atoms with E-state index < -0.39 is 5.97 Å². The van der Waals surface area contributed by atoms with Crippen LogP contribution in [0.15, 0.2) is 93.8 Å². The second kappa shape index (κ2) is 11.5. The molecule has 1 heterocycles. The van der Waals surface area contributed by atoms with Crippen LogP contribution in [0.3, 0.4) is 0 Å². The Labute approximate surface area is 281 Å². The number of carbonyl (C=O) groups excluding carboxylic acids is 1. The van der Waals surface area contributed by atoms with Crippen LogP contribution in [0.4, 0.5) is 0 Å². The van der Waals surface area contributed by atoms with E-state index in [1.807, 2.05) is 6.07 Å². The van der Waals surface area contributed by atoms with E-state index >= 15 is 0 Å². The smallest absolute Gasteiger partial charge is 0.871 e. The van der Waals surface area contributed by atoms with Crippen LogP contribution in [0.1, 0.15) is 10.4 Å². The summed E-state index contributed by atoms with van der Waals surface area (Å²) in [4.78, 5) is 25.9. The van der Waals surface area contributed by atoms with Crippen molar-refractivity contribution in [2.45, 2.75) is 0 Å². The second-order valence-corrected chi connectivity index (χ2v) is 10.8. The van der Waals surface area contributed by atoms with Gasteiger partial charge < -0.3 is 14.3 Å². The molecular weight excluding hydrogens is 751 g/mol. The van der Waals surface area contributed by atoms with Crippen molar-refractivity contribution < 1.29 is 70.4 Å². The normalized spacial score (nSPS) is 10.9. The van der Waals surface area contributed by atoms with Gasteiger partial charge in [0, 0.05) is 21.0 Å². The Morgan fingerprint density at radius 1 is 0.833 bits per heavy atom. The number of hydrogen-bond acceptors (Lipinski definition) is 5. The van der Waals surface area contributed by atoms with Gasteiger partial charge in [0.15, 0.2) is 5.76 Å². The zero-order chi connectivity index (χ0) is 24.9. The molecule has 5 nitrogen and oxygen atoms in total. The molecule has 10 heteroatoms. The van der Waals surface area contributed by atoms with Crippen molar-refractivity contribution in [2.75, 3.05) is 0 Å². The third-order valence-corrected chi connectivity index (χ3v) is 7.99. The molecule has 174 valence electrons. The van der Waals surface area contributed by atoms with Crippen molar-refractivity contribution in [2.24, 2.45) is 0 Å². The molecule has 0 amide bonds. The molecule has 1 aliphatic carbocycles. The molecule has 0 saturated heterocycles. The summed E-state index contributed by atoms with van der Waals surface area (Å²) >= 11 is 13.3. The molecule has 0 radical (unpaired) electrons. The molecule has 1 aliphatic heterocycles.